The number of hydrogen-bond donors (Lipinski definition) is 3. The van der Waals surface area contributed by atoms with Crippen LogP contribution >= 0.6 is 11.8 Å². The number of alkyl halides is 3. The summed E-state index contributed by atoms with van der Waals surface area (Å²) < 4.78 is 63.4. The van der Waals surface area contributed by atoms with E-state index in [1.54, 1.807) is 0 Å². The van der Waals surface area contributed by atoms with Crippen molar-refractivity contribution in [3.8, 4) is 11.1 Å². The Bertz CT molecular complexity index is 2100. The van der Waals surface area contributed by atoms with Crippen LogP contribution in [0.1, 0.15) is 76.6 Å². The average Bonchev–Trinajstić information content (AvgIpc) is 3.95. The molecule has 5 rings (SSSR count). The van der Waals surface area contributed by atoms with E-state index in [1.165, 1.54) is 30.0 Å². The molecule has 18 heteroatoms. The number of imide groups is 1. The molecule has 3 atom stereocenters. The first-order valence-electron chi connectivity index (χ1n) is 20.5. The van der Waals surface area contributed by atoms with Crippen LogP contribution in [0.3, 0.4) is 0 Å². The number of hydrogen-bond acceptors (Lipinski definition) is 8. The fourth-order valence-corrected chi connectivity index (χ4v) is 8.50. The molecule has 0 saturated carbocycles. The molecule has 3 aromatic rings. The molecule has 2 aliphatic heterocycles. The largest absolute Gasteiger partial charge is 0.490 e. The van der Waals surface area contributed by atoms with Crippen LogP contribution in [0.4, 0.5) is 22.0 Å². The number of nitrogens with zero attached hydrogens (tertiary/aromatic N) is 3. The lowest BCUT2D eigenvalue weighted by atomic mass is 9.82. The summed E-state index contributed by atoms with van der Waals surface area (Å²) in [4.78, 5) is 74.9. The molecule has 63 heavy (non-hydrogen) atoms. The predicted molar refractivity (Wildman–Crippen MR) is 226 cm³/mol. The number of carbonyl (C=O) groups is 6. The van der Waals surface area contributed by atoms with Crippen LogP contribution in [0, 0.1) is 28.9 Å². The number of carboxylic acids is 2. The van der Waals surface area contributed by atoms with Gasteiger partial charge in [-0.25, -0.2) is 13.6 Å². The minimum Gasteiger partial charge on any atom is -0.481 e. The van der Waals surface area contributed by atoms with E-state index in [2.05, 4.69) is 26.1 Å². The third-order valence-corrected chi connectivity index (χ3v) is 11.7. The smallest absolute Gasteiger partial charge is 0.481 e. The maximum Gasteiger partial charge on any atom is 0.490 e. The fourth-order valence-electron chi connectivity index (χ4n) is 7.50. The topological polar surface area (TPSA) is 166 Å². The summed E-state index contributed by atoms with van der Waals surface area (Å²) >= 11 is 1.19. The number of amides is 3. The Morgan fingerprint density at radius 1 is 0.937 bits per heavy atom. The molecule has 1 aromatic heterocycles. The first kappa shape index (κ1) is 50.3. The van der Waals surface area contributed by atoms with Gasteiger partial charge in [-0.2, -0.15) is 24.9 Å². The van der Waals surface area contributed by atoms with E-state index in [1.807, 2.05) is 52.1 Å². The number of aromatic nitrogens is 1. The summed E-state index contributed by atoms with van der Waals surface area (Å²) in [6.45, 7) is 8.89. The molecule has 1 unspecified atom stereocenters. The van der Waals surface area contributed by atoms with Gasteiger partial charge < -0.3 is 25.0 Å². The number of thioether (sulfide) groups is 1. The quantitative estimate of drug-likeness (QED) is 0.0587. The SMILES string of the molecule is CC(C)(C)[C@H](c1cc(-c2cc(F)ccc2F)cn1Cc1ccccc1)N(CC1CCNC1)C(=O)CSC[C@H](CC(=O)CCCCCN1C(=O)C=CC1=O)C(=O)O.O=C(O)C(F)(F)F. The number of Topliss-reactive ketones (excluding diaryl/α,β-unsaturated/α-hetero) is 1. The van der Waals surface area contributed by atoms with E-state index < -0.39 is 47.1 Å². The second-order valence-electron chi connectivity index (χ2n) is 16.6. The molecular weight excluding hydrogens is 852 g/mol. The number of unbranched alkanes of at least 4 members (excludes halogenated alkanes) is 2. The number of benzene rings is 2. The molecule has 3 heterocycles. The zero-order valence-electron chi connectivity index (χ0n) is 35.3. The van der Waals surface area contributed by atoms with E-state index in [4.69, 9.17) is 9.90 Å². The van der Waals surface area contributed by atoms with Crippen LogP contribution in [-0.4, -0.2) is 104 Å². The summed E-state index contributed by atoms with van der Waals surface area (Å²) in [5.74, 6) is -6.73. The molecule has 3 N–H and O–H groups in total. The van der Waals surface area contributed by atoms with Crippen molar-refractivity contribution in [2.24, 2.45) is 17.3 Å². The number of rotatable bonds is 20. The Morgan fingerprint density at radius 3 is 2.19 bits per heavy atom. The van der Waals surface area contributed by atoms with Crippen LogP contribution in [0.2, 0.25) is 0 Å². The monoisotopic (exact) mass is 904 g/mol. The molecule has 1 saturated heterocycles. The van der Waals surface area contributed by atoms with Crippen molar-refractivity contribution >= 4 is 47.2 Å². The summed E-state index contributed by atoms with van der Waals surface area (Å²) in [7, 11) is 0. The molecule has 0 bridgehead atoms. The summed E-state index contributed by atoms with van der Waals surface area (Å²) in [6.07, 6.45) is 1.79. The summed E-state index contributed by atoms with van der Waals surface area (Å²) in [5, 5.41) is 20.5. The standard InChI is InChI=1S/C43H52F2N4O6S.C2HF3O2/c1-43(2,3)41(37-21-31(35-22-33(44)13-14-36(35)45)26-47(37)24-29-10-6-4-7-11-29)49(25-30-17-18-46-23-30)40(53)28-56-27-32(42(54)55)20-34(50)12-8-5-9-19-48-38(51)15-16-39(48)52;3-2(4,5)1(6)7/h4,6-7,10-11,13-16,21-22,26,30,32,41,46H,5,8-9,12,17-20,23-25,27-28H2,1-3H3,(H,54,55);(H,6,7)/t30?,32-,41-;/m0./s1. The number of carbonyl (C=O) groups excluding carboxylic acids is 4. The lowest BCUT2D eigenvalue weighted by molar-refractivity contribution is -0.192. The van der Waals surface area contributed by atoms with Gasteiger partial charge in [-0.3, -0.25) is 28.9 Å². The second kappa shape index (κ2) is 22.8. The zero-order valence-corrected chi connectivity index (χ0v) is 36.2. The maximum atomic E-state index is 15.2. The molecule has 342 valence electrons. The van der Waals surface area contributed by atoms with Crippen molar-refractivity contribution < 1.29 is 60.9 Å². The first-order valence-corrected chi connectivity index (χ1v) is 21.7. The molecule has 2 aliphatic rings. The highest BCUT2D eigenvalue weighted by molar-refractivity contribution is 7.99. The number of ketones is 1. The molecule has 12 nitrogen and oxygen atoms in total. The molecule has 0 spiro atoms. The van der Waals surface area contributed by atoms with E-state index in [-0.39, 0.29) is 65.9 Å². The van der Waals surface area contributed by atoms with Crippen LogP contribution in [0.5, 0.6) is 0 Å². The number of carboxylic acid groups (broad SMARTS) is 2. The van der Waals surface area contributed by atoms with Gasteiger partial charge in [0.25, 0.3) is 11.8 Å². The minimum atomic E-state index is -5.08. The Labute approximate surface area is 366 Å². The van der Waals surface area contributed by atoms with Gasteiger partial charge in [0.05, 0.1) is 17.7 Å². The number of halogens is 5. The highest BCUT2D eigenvalue weighted by Crippen LogP contribution is 2.42. The predicted octanol–water partition coefficient (Wildman–Crippen LogP) is 7.52. The van der Waals surface area contributed by atoms with Gasteiger partial charge in [0.1, 0.15) is 17.4 Å². The fraction of sp³-hybridized carbons (Fsp3) is 0.467. The Balaban J connectivity index is 0.00000115. The van der Waals surface area contributed by atoms with E-state index in [9.17, 15) is 46.6 Å². The Morgan fingerprint density at radius 2 is 1.60 bits per heavy atom. The van der Waals surface area contributed by atoms with Crippen molar-refractivity contribution in [3.63, 3.8) is 0 Å². The van der Waals surface area contributed by atoms with Gasteiger partial charge in [-0.15, -0.1) is 0 Å². The lowest BCUT2D eigenvalue weighted by Crippen LogP contribution is -2.45. The summed E-state index contributed by atoms with van der Waals surface area (Å²) in [6, 6.07) is 14.5. The Kier molecular flexibility index (Phi) is 18.2. The van der Waals surface area contributed by atoms with Crippen molar-refractivity contribution in [3.05, 3.63) is 95.8 Å². The molecule has 0 radical (unpaired) electrons. The highest BCUT2D eigenvalue weighted by atomic mass is 32.2. The lowest BCUT2D eigenvalue weighted by Gasteiger charge is -2.42. The van der Waals surface area contributed by atoms with E-state index >= 15 is 4.39 Å². The van der Waals surface area contributed by atoms with Gasteiger partial charge in [-0.1, -0.05) is 57.5 Å². The van der Waals surface area contributed by atoms with E-state index in [0.717, 1.165) is 47.8 Å². The second-order valence-corrected chi connectivity index (χ2v) is 17.7. The first-order chi connectivity index (χ1) is 29.6. The summed E-state index contributed by atoms with van der Waals surface area (Å²) in [5.41, 5.74) is 1.88. The van der Waals surface area contributed by atoms with Gasteiger partial charge in [-0.05, 0) is 73.5 Å². The molecule has 2 aromatic carbocycles. The third-order valence-electron chi connectivity index (χ3n) is 10.6. The van der Waals surface area contributed by atoms with Crippen LogP contribution in [-0.2, 0) is 35.3 Å². The minimum absolute atomic E-state index is 0.00171. The van der Waals surface area contributed by atoms with Crippen LogP contribution < -0.4 is 5.32 Å². The normalized spacial score (nSPS) is 16.1. The highest BCUT2D eigenvalue weighted by Gasteiger charge is 2.39. The van der Waals surface area contributed by atoms with Gasteiger partial charge in [0.2, 0.25) is 5.91 Å². The van der Waals surface area contributed by atoms with E-state index in [0.29, 0.717) is 37.9 Å². The van der Waals surface area contributed by atoms with Gasteiger partial charge in [0, 0.05) is 73.4 Å². The van der Waals surface area contributed by atoms with Crippen molar-refractivity contribution in [1.29, 1.82) is 0 Å². The molecule has 0 aliphatic carbocycles. The van der Waals surface area contributed by atoms with Crippen LogP contribution in [0.25, 0.3) is 11.1 Å². The number of nitrogens with one attached hydrogen (secondary N) is 1. The van der Waals surface area contributed by atoms with Crippen molar-refractivity contribution in [1.82, 2.24) is 19.7 Å². The average molecular weight is 905 g/mol. The Hall–Kier alpha value is -5.36. The van der Waals surface area contributed by atoms with Crippen molar-refractivity contribution in [2.75, 3.05) is 37.7 Å². The zero-order chi connectivity index (χ0) is 46.5. The van der Waals surface area contributed by atoms with Gasteiger partial charge >= 0.3 is 18.1 Å². The van der Waals surface area contributed by atoms with Crippen LogP contribution in [0.15, 0.2) is 72.9 Å². The third kappa shape index (κ3) is 15.2. The maximum absolute atomic E-state index is 15.2. The number of aliphatic carboxylic acids is 2. The molecular formula is C45H53F5N4O8S. The van der Waals surface area contributed by atoms with Crippen molar-refractivity contribution in [2.45, 2.75) is 78.1 Å². The molecule has 3 amide bonds. The van der Waals surface area contributed by atoms with Gasteiger partial charge in [0.15, 0.2) is 0 Å². The molecule has 1 fully saturated rings.